The zero-order valence-corrected chi connectivity index (χ0v) is 14.8. The van der Waals surface area contributed by atoms with Crippen molar-refractivity contribution in [1.82, 2.24) is 14.5 Å². The highest BCUT2D eigenvalue weighted by Crippen LogP contribution is 2.28. The monoisotopic (exact) mass is 333 g/mol. The van der Waals surface area contributed by atoms with Gasteiger partial charge in [-0.2, -0.15) is 0 Å². The Morgan fingerprint density at radius 1 is 1.08 bits per heavy atom. The average molecular weight is 333 g/mol. The highest BCUT2D eigenvalue weighted by molar-refractivity contribution is 5.97. The number of rotatable bonds is 2. The molecule has 128 valence electrons. The second kappa shape index (κ2) is 6.36. The van der Waals surface area contributed by atoms with E-state index < -0.39 is 0 Å². The van der Waals surface area contributed by atoms with Crippen molar-refractivity contribution in [2.24, 2.45) is 7.05 Å². The molecule has 3 aromatic rings. The predicted molar refractivity (Wildman–Crippen MR) is 99.8 cm³/mol. The molecule has 0 spiro atoms. The highest BCUT2D eigenvalue weighted by atomic mass is 16.2. The maximum atomic E-state index is 12.9. The van der Waals surface area contributed by atoms with E-state index in [4.69, 9.17) is 0 Å². The zero-order valence-electron chi connectivity index (χ0n) is 14.8. The molecule has 1 aliphatic rings. The van der Waals surface area contributed by atoms with Crippen LogP contribution < -0.4 is 0 Å². The fourth-order valence-corrected chi connectivity index (χ4v) is 3.78. The van der Waals surface area contributed by atoms with Crippen LogP contribution in [-0.4, -0.2) is 33.4 Å². The molecule has 0 saturated carbocycles. The third-order valence-corrected chi connectivity index (χ3v) is 5.40. The molecule has 4 nitrogen and oxygen atoms in total. The molecule has 1 fully saturated rings. The van der Waals surface area contributed by atoms with Gasteiger partial charge in [-0.05, 0) is 49.4 Å². The molecule has 1 amide bonds. The molecule has 0 radical (unpaired) electrons. The first-order valence-electron chi connectivity index (χ1n) is 8.91. The van der Waals surface area contributed by atoms with Gasteiger partial charge in [-0.15, -0.1) is 0 Å². The van der Waals surface area contributed by atoms with Crippen LogP contribution in [0, 0.1) is 6.92 Å². The summed E-state index contributed by atoms with van der Waals surface area (Å²) in [6, 6.07) is 16.5. The van der Waals surface area contributed by atoms with E-state index in [0.717, 1.165) is 48.4 Å². The van der Waals surface area contributed by atoms with E-state index in [-0.39, 0.29) is 5.91 Å². The van der Waals surface area contributed by atoms with Gasteiger partial charge in [0.25, 0.3) is 5.91 Å². The van der Waals surface area contributed by atoms with Crippen molar-refractivity contribution < 1.29 is 4.79 Å². The first kappa shape index (κ1) is 15.9. The molecular weight excluding hydrogens is 310 g/mol. The van der Waals surface area contributed by atoms with Crippen LogP contribution in [0.5, 0.6) is 0 Å². The van der Waals surface area contributed by atoms with E-state index in [2.05, 4.69) is 39.9 Å². The molecule has 0 aliphatic carbocycles. The first-order chi connectivity index (χ1) is 12.1. The standard InChI is InChI=1S/C21H23N3O/c1-15-22-19-14-18(8-9-20(19)23(15)2)21(25)24-12-10-17(11-13-24)16-6-4-3-5-7-16/h3-9,14,17H,10-13H2,1-2H3. The topological polar surface area (TPSA) is 38.1 Å². The van der Waals surface area contributed by atoms with Crippen LogP contribution in [0.2, 0.25) is 0 Å². The molecule has 25 heavy (non-hydrogen) atoms. The summed E-state index contributed by atoms with van der Waals surface area (Å²) >= 11 is 0. The molecule has 2 aromatic carbocycles. The Hall–Kier alpha value is -2.62. The van der Waals surface area contributed by atoms with Crippen molar-refractivity contribution in [2.75, 3.05) is 13.1 Å². The van der Waals surface area contributed by atoms with Gasteiger partial charge in [0, 0.05) is 25.7 Å². The van der Waals surface area contributed by atoms with Gasteiger partial charge in [-0.25, -0.2) is 4.98 Å². The lowest BCUT2D eigenvalue weighted by Gasteiger charge is -2.32. The molecule has 4 rings (SSSR count). The number of fused-ring (bicyclic) bond motifs is 1. The lowest BCUT2D eigenvalue weighted by Crippen LogP contribution is -2.37. The minimum atomic E-state index is 0.122. The summed E-state index contributed by atoms with van der Waals surface area (Å²) in [5.74, 6) is 1.64. The quantitative estimate of drug-likeness (QED) is 0.713. The summed E-state index contributed by atoms with van der Waals surface area (Å²) < 4.78 is 2.05. The van der Waals surface area contributed by atoms with Crippen LogP contribution in [0.1, 0.15) is 40.5 Å². The van der Waals surface area contributed by atoms with Crippen LogP contribution in [0.15, 0.2) is 48.5 Å². The average Bonchev–Trinajstić information content (AvgIpc) is 2.95. The number of carbonyl (C=O) groups excluding carboxylic acids is 1. The third kappa shape index (κ3) is 2.93. The van der Waals surface area contributed by atoms with Crippen molar-refractivity contribution in [3.63, 3.8) is 0 Å². The number of amides is 1. The van der Waals surface area contributed by atoms with Crippen molar-refractivity contribution in [2.45, 2.75) is 25.7 Å². The number of aromatic nitrogens is 2. The Morgan fingerprint density at radius 3 is 2.52 bits per heavy atom. The fraction of sp³-hybridized carbons (Fsp3) is 0.333. The fourth-order valence-electron chi connectivity index (χ4n) is 3.78. The zero-order chi connectivity index (χ0) is 17.4. The third-order valence-electron chi connectivity index (χ3n) is 5.40. The lowest BCUT2D eigenvalue weighted by atomic mass is 9.89. The second-order valence-electron chi connectivity index (χ2n) is 6.90. The summed E-state index contributed by atoms with van der Waals surface area (Å²) in [7, 11) is 2.00. The van der Waals surface area contributed by atoms with E-state index in [1.807, 2.05) is 37.1 Å². The Labute approximate surface area is 148 Å². The van der Waals surface area contributed by atoms with E-state index in [1.54, 1.807) is 0 Å². The minimum absolute atomic E-state index is 0.122. The van der Waals surface area contributed by atoms with E-state index in [9.17, 15) is 4.79 Å². The smallest absolute Gasteiger partial charge is 0.253 e. The maximum absolute atomic E-state index is 12.9. The molecule has 2 heterocycles. The summed E-state index contributed by atoms with van der Waals surface area (Å²) in [5, 5.41) is 0. The number of piperidine rings is 1. The largest absolute Gasteiger partial charge is 0.339 e. The van der Waals surface area contributed by atoms with E-state index in [1.165, 1.54) is 5.56 Å². The Balaban J connectivity index is 1.49. The number of nitrogens with zero attached hydrogens (tertiary/aromatic N) is 3. The molecular formula is C21H23N3O. The molecule has 1 aliphatic heterocycles. The minimum Gasteiger partial charge on any atom is -0.339 e. The van der Waals surface area contributed by atoms with Gasteiger partial charge in [-0.1, -0.05) is 30.3 Å². The van der Waals surface area contributed by atoms with E-state index >= 15 is 0 Å². The van der Waals surface area contributed by atoms with Crippen LogP contribution in [-0.2, 0) is 7.05 Å². The normalized spacial score (nSPS) is 15.7. The van der Waals surface area contributed by atoms with Gasteiger partial charge < -0.3 is 9.47 Å². The van der Waals surface area contributed by atoms with Crippen LogP contribution in [0.3, 0.4) is 0 Å². The van der Waals surface area contributed by atoms with Crippen LogP contribution >= 0.6 is 0 Å². The molecule has 0 unspecified atom stereocenters. The molecule has 1 saturated heterocycles. The Morgan fingerprint density at radius 2 is 1.80 bits per heavy atom. The molecule has 0 bridgehead atoms. The molecule has 0 atom stereocenters. The van der Waals surface area contributed by atoms with Crippen molar-refractivity contribution >= 4 is 16.9 Å². The molecule has 1 aromatic heterocycles. The van der Waals surface area contributed by atoms with Crippen molar-refractivity contribution in [1.29, 1.82) is 0 Å². The summed E-state index contributed by atoms with van der Waals surface area (Å²) in [4.78, 5) is 19.4. The number of likely N-dealkylation sites (tertiary alicyclic amines) is 1. The lowest BCUT2D eigenvalue weighted by molar-refractivity contribution is 0.0713. The highest BCUT2D eigenvalue weighted by Gasteiger charge is 2.24. The van der Waals surface area contributed by atoms with E-state index in [0.29, 0.717) is 5.92 Å². The number of benzene rings is 2. The van der Waals surface area contributed by atoms with Gasteiger partial charge in [0.15, 0.2) is 0 Å². The van der Waals surface area contributed by atoms with Crippen LogP contribution in [0.25, 0.3) is 11.0 Å². The van der Waals surface area contributed by atoms with Gasteiger partial charge in [0.1, 0.15) is 5.82 Å². The number of aryl methyl sites for hydroxylation is 2. The van der Waals surface area contributed by atoms with Gasteiger partial charge in [0.2, 0.25) is 0 Å². The van der Waals surface area contributed by atoms with Gasteiger partial charge in [0.05, 0.1) is 11.0 Å². The number of carbonyl (C=O) groups is 1. The van der Waals surface area contributed by atoms with Crippen molar-refractivity contribution in [3.8, 4) is 0 Å². The summed E-state index contributed by atoms with van der Waals surface area (Å²) in [6.07, 6.45) is 2.06. The van der Waals surface area contributed by atoms with Crippen molar-refractivity contribution in [3.05, 3.63) is 65.5 Å². The Kier molecular flexibility index (Phi) is 4.04. The summed E-state index contributed by atoms with van der Waals surface area (Å²) in [5.41, 5.74) is 4.09. The van der Waals surface area contributed by atoms with Gasteiger partial charge >= 0.3 is 0 Å². The van der Waals surface area contributed by atoms with Crippen LogP contribution in [0.4, 0.5) is 0 Å². The second-order valence-corrected chi connectivity index (χ2v) is 6.90. The maximum Gasteiger partial charge on any atom is 0.253 e. The van der Waals surface area contributed by atoms with Gasteiger partial charge in [-0.3, -0.25) is 4.79 Å². The Bertz CT molecular complexity index is 906. The SMILES string of the molecule is Cc1nc2cc(C(=O)N3CCC(c4ccccc4)CC3)ccc2n1C. The summed E-state index contributed by atoms with van der Waals surface area (Å²) in [6.45, 7) is 3.62. The number of hydrogen-bond donors (Lipinski definition) is 0. The molecule has 0 N–H and O–H groups in total. The first-order valence-corrected chi connectivity index (χ1v) is 8.91. The molecule has 4 heteroatoms. The number of hydrogen-bond acceptors (Lipinski definition) is 2. The number of imidazole rings is 1. The predicted octanol–water partition coefficient (Wildman–Crippen LogP) is 3.90.